The maximum atomic E-state index is 12.9. The second-order valence-electron chi connectivity index (χ2n) is 6.22. The number of halogens is 3. The van der Waals surface area contributed by atoms with Gasteiger partial charge in [-0.1, -0.05) is 0 Å². The van der Waals surface area contributed by atoms with Crippen LogP contribution in [-0.2, 0) is 6.18 Å². The maximum Gasteiger partial charge on any atom is 0.435 e. The molecule has 11 heteroatoms. The van der Waals surface area contributed by atoms with Gasteiger partial charge in [-0.25, -0.2) is 4.68 Å². The summed E-state index contributed by atoms with van der Waals surface area (Å²) >= 11 is 0. The van der Waals surface area contributed by atoms with Crippen LogP contribution in [0.1, 0.15) is 21.7 Å². The molecule has 3 aromatic rings. The molecule has 8 nitrogen and oxygen atoms in total. The average molecular weight is 420 g/mol. The van der Waals surface area contributed by atoms with Gasteiger partial charge in [0.15, 0.2) is 5.69 Å². The Hall–Kier alpha value is -3.89. The molecule has 0 radical (unpaired) electrons. The predicted molar refractivity (Wildman–Crippen MR) is 101 cm³/mol. The first kappa shape index (κ1) is 20.8. The molecule has 0 aliphatic carbocycles. The molecule has 0 bridgehead atoms. The van der Waals surface area contributed by atoms with E-state index >= 15 is 0 Å². The molecule has 30 heavy (non-hydrogen) atoms. The highest BCUT2D eigenvalue weighted by atomic mass is 19.4. The van der Waals surface area contributed by atoms with Gasteiger partial charge in [0.2, 0.25) is 0 Å². The van der Waals surface area contributed by atoms with E-state index in [9.17, 15) is 28.1 Å². The van der Waals surface area contributed by atoms with Crippen molar-refractivity contribution < 1.29 is 27.6 Å². The van der Waals surface area contributed by atoms with Gasteiger partial charge in [-0.15, -0.1) is 0 Å². The number of hydrogen-bond donors (Lipinski definition) is 1. The number of amides is 1. The number of nitrogens with zero attached hydrogens (tertiary/aromatic N) is 3. The Labute approximate surface area is 168 Å². The molecule has 1 amide bonds. The molecule has 3 rings (SSSR count). The summed E-state index contributed by atoms with van der Waals surface area (Å²) in [6.07, 6.45) is -4.68. The lowest BCUT2D eigenvalue weighted by molar-refractivity contribution is -0.384. The Kier molecular flexibility index (Phi) is 5.45. The lowest BCUT2D eigenvalue weighted by Crippen LogP contribution is -2.13. The van der Waals surface area contributed by atoms with Crippen molar-refractivity contribution in [3.63, 3.8) is 0 Å². The standard InChI is InChI=1S/C19H15F3N4O4/c1-11-9-17(19(20,21)22)24-25(11)15-8-5-13(10-16(15)26(28)29)23-18(27)12-3-6-14(30-2)7-4-12/h3-10H,1-2H3,(H,23,27). The van der Waals surface area contributed by atoms with Crippen LogP contribution in [0.3, 0.4) is 0 Å². The van der Waals surface area contributed by atoms with Gasteiger partial charge >= 0.3 is 6.18 Å². The summed E-state index contributed by atoms with van der Waals surface area (Å²) in [6.45, 7) is 1.35. The van der Waals surface area contributed by atoms with Crippen LogP contribution in [0.4, 0.5) is 24.5 Å². The number of ether oxygens (including phenoxy) is 1. The van der Waals surface area contributed by atoms with Crippen molar-refractivity contribution >= 4 is 17.3 Å². The van der Waals surface area contributed by atoms with Crippen molar-refractivity contribution in [3.8, 4) is 11.4 Å². The summed E-state index contributed by atoms with van der Waals surface area (Å²) in [4.78, 5) is 23.1. The van der Waals surface area contributed by atoms with Crippen LogP contribution < -0.4 is 10.1 Å². The summed E-state index contributed by atoms with van der Waals surface area (Å²) < 4.78 is 44.6. The number of benzene rings is 2. The molecule has 1 N–H and O–H groups in total. The average Bonchev–Trinajstić information content (AvgIpc) is 3.10. The number of nitro benzene ring substituents is 1. The first-order valence-electron chi connectivity index (χ1n) is 8.48. The number of aryl methyl sites for hydroxylation is 1. The summed E-state index contributed by atoms with van der Waals surface area (Å²) in [5, 5.41) is 17.5. The van der Waals surface area contributed by atoms with E-state index in [1.807, 2.05) is 0 Å². The lowest BCUT2D eigenvalue weighted by Gasteiger charge is -2.09. The van der Waals surface area contributed by atoms with Gasteiger partial charge in [0.25, 0.3) is 11.6 Å². The fraction of sp³-hybridized carbons (Fsp3) is 0.158. The van der Waals surface area contributed by atoms with Crippen molar-refractivity contribution in [2.75, 3.05) is 12.4 Å². The second kappa shape index (κ2) is 7.85. The van der Waals surface area contributed by atoms with Crippen LogP contribution in [0.5, 0.6) is 5.75 Å². The summed E-state index contributed by atoms with van der Waals surface area (Å²) in [5.41, 5.74) is -1.36. The number of carbonyl (C=O) groups is 1. The topological polar surface area (TPSA) is 99.3 Å². The van der Waals surface area contributed by atoms with Gasteiger partial charge in [0.05, 0.1) is 12.0 Å². The number of rotatable bonds is 5. The van der Waals surface area contributed by atoms with E-state index in [0.29, 0.717) is 11.3 Å². The van der Waals surface area contributed by atoms with Crippen molar-refractivity contribution in [2.24, 2.45) is 0 Å². The molecule has 0 aliphatic heterocycles. The molecule has 0 atom stereocenters. The van der Waals surface area contributed by atoms with Gasteiger partial charge in [-0.05, 0) is 49.4 Å². The first-order valence-corrected chi connectivity index (χ1v) is 8.48. The van der Waals surface area contributed by atoms with Gasteiger partial charge in [-0.2, -0.15) is 18.3 Å². The quantitative estimate of drug-likeness (QED) is 0.488. The SMILES string of the molecule is COc1ccc(C(=O)Nc2ccc(-n3nc(C(F)(F)F)cc3C)c([N+](=O)[O-])c2)cc1. The number of hydrogen-bond acceptors (Lipinski definition) is 5. The van der Waals surface area contributed by atoms with Crippen LogP contribution in [0.25, 0.3) is 5.69 Å². The summed E-state index contributed by atoms with van der Waals surface area (Å²) in [7, 11) is 1.48. The zero-order chi connectivity index (χ0) is 22.1. The molecular weight excluding hydrogens is 405 g/mol. The van der Waals surface area contributed by atoms with Gasteiger partial charge in [0.1, 0.15) is 11.4 Å². The van der Waals surface area contributed by atoms with Crippen molar-refractivity contribution in [2.45, 2.75) is 13.1 Å². The normalized spacial score (nSPS) is 11.2. The fourth-order valence-corrected chi connectivity index (χ4v) is 2.73. The van der Waals surface area contributed by atoms with E-state index in [1.165, 1.54) is 38.3 Å². The third kappa shape index (κ3) is 4.24. The minimum absolute atomic E-state index is 0.0699. The molecular formula is C19H15F3N4O4. The van der Waals surface area contributed by atoms with E-state index in [-0.39, 0.29) is 17.1 Å². The summed E-state index contributed by atoms with van der Waals surface area (Å²) in [5.74, 6) is 0.0358. The van der Waals surface area contributed by atoms with Crippen molar-refractivity contribution in [3.05, 3.63) is 75.6 Å². The zero-order valence-corrected chi connectivity index (χ0v) is 15.7. The minimum Gasteiger partial charge on any atom is -0.497 e. The molecule has 0 fully saturated rings. The van der Waals surface area contributed by atoms with Crippen LogP contribution in [0.15, 0.2) is 48.5 Å². The molecule has 0 spiro atoms. The highest BCUT2D eigenvalue weighted by Gasteiger charge is 2.35. The molecule has 2 aromatic carbocycles. The van der Waals surface area contributed by atoms with E-state index in [1.54, 1.807) is 12.1 Å². The maximum absolute atomic E-state index is 12.9. The first-order chi connectivity index (χ1) is 14.1. The minimum atomic E-state index is -4.68. The predicted octanol–water partition coefficient (Wildman–Crippen LogP) is 4.37. The van der Waals surface area contributed by atoms with Gasteiger partial charge < -0.3 is 10.1 Å². The Balaban J connectivity index is 1.93. The lowest BCUT2D eigenvalue weighted by atomic mass is 10.2. The Morgan fingerprint density at radius 2 is 1.83 bits per heavy atom. The van der Waals surface area contributed by atoms with Crippen molar-refractivity contribution in [1.82, 2.24) is 9.78 Å². The smallest absolute Gasteiger partial charge is 0.435 e. The van der Waals surface area contributed by atoms with Crippen molar-refractivity contribution in [1.29, 1.82) is 0 Å². The number of nitrogens with one attached hydrogen (secondary N) is 1. The Bertz CT molecular complexity index is 1110. The fourth-order valence-electron chi connectivity index (χ4n) is 2.73. The van der Waals surface area contributed by atoms with Crippen LogP contribution in [0, 0.1) is 17.0 Å². The molecule has 0 saturated heterocycles. The largest absolute Gasteiger partial charge is 0.497 e. The molecule has 0 aliphatic rings. The zero-order valence-electron chi connectivity index (χ0n) is 15.7. The number of anilines is 1. The van der Waals surface area contributed by atoms with E-state index in [4.69, 9.17) is 4.74 Å². The van der Waals surface area contributed by atoms with E-state index < -0.39 is 28.4 Å². The molecule has 0 unspecified atom stereocenters. The number of nitro groups is 1. The third-order valence-corrected chi connectivity index (χ3v) is 4.19. The Morgan fingerprint density at radius 3 is 2.37 bits per heavy atom. The monoisotopic (exact) mass is 420 g/mol. The molecule has 1 heterocycles. The van der Waals surface area contributed by atoms with Gasteiger partial charge in [0, 0.05) is 23.0 Å². The van der Waals surface area contributed by atoms with E-state index in [2.05, 4.69) is 10.4 Å². The highest BCUT2D eigenvalue weighted by Crippen LogP contribution is 2.32. The van der Waals surface area contributed by atoms with Gasteiger partial charge in [-0.3, -0.25) is 14.9 Å². The Morgan fingerprint density at radius 1 is 1.17 bits per heavy atom. The second-order valence-corrected chi connectivity index (χ2v) is 6.22. The van der Waals surface area contributed by atoms with Crippen LogP contribution in [0.2, 0.25) is 0 Å². The third-order valence-electron chi connectivity index (χ3n) is 4.19. The molecule has 0 saturated carbocycles. The number of alkyl halides is 3. The number of carbonyl (C=O) groups excluding carboxylic acids is 1. The van der Waals surface area contributed by atoms with Crippen LogP contribution >= 0.6 is 0 Å². The summed E-state index contributed by atoms with van der Waals surface area (Å²) in [6, 6.07) is 10.6. The van der Waals surface area contributed by atoms with Crippen LogP contribution in [-0.4, -0.2) is 27.7 Å². The highest BCUT2D eigenvalue weighted by molar-refractivity contribution is 6.04. The number of methoxy groups -OCH3 is 1. The number of aromatic nitrogens is 2. The molecule has 156 valence electrons. The molecule has 1 aromatic heterocycles. The van der Waals surface area contributed by atoms with E-state index in [0.717, 1.165) is 16.8 Å².